The van der Waals surface area contributed by atoms with Crippen molar-refractivity contribution < 1.29 is 27.5 Å². The number of alkyl halides is 3. The van der Waals surface area contributed by atoms with Crippen LogP contribution in [0.3, 0.4) is 0 Å². The summed E-state index contributed by atoms with van der Waals surface area (Å²) in [6, 6.07) is 9.38. The third kappa shape index (κ3) is 6.99. The molecule has 27 heavy (non-hydrogen) atoms. The lowest BCUT2D eigenvalue weighted by Crippen LogP contribution is -2.36. The minimum absolute atomic E-state index is 0.0721. The lowest BCUT2D eigenvalue weighted by atomic mass is 10.2. The van der Waals surface area contributed by atoms with Crippen LogP contribution in [0, 0.1) is 0 Å². The molecular formula is C17H13Cl2F3N2O3. The zero-order valence-corrected chi connectivity index (χ0v) is 15.1. The number of amides is 2. The highest BCUT2D eigenvalue weighted by atomic mass is 35.5. The Morgan fingerprint density at radius 3 is 2.26 bits per heavy atom. The topological polar surface area (TPSA) is 67.4 Å². The Balaban J connectivity index is 1.80. The van der Waals surface area contributed by atoms with Crippen LogP contribution in [0.5, 0.6) is 5.75 Å². The van der Waals surface area contributed by atoms with Gasteiger partial charge < -0.3 is 15.4 Å². The smallest absolute Gasteiger partial charge is 0.406 e. The quantitative estimate of drug-likeness (QED) is 0.743. The molecule has 144 valence electrons. The molecule has 10 heteroatoms. The van der Waals surface area contributed by atoms with E-state index >= 15 is 0 Å². The summed E-state index contributed by atoms with van der Waals surface area (Å²) in [5.74, 6) is -1.38. The van der Waals surface area contributed by atoms with Gasteiger partial charge in [0.25, 0.3) is 5.91 Å². The van der Waals surface area contributed by atoms with Crippen molar-refractivity contribution in [3.05, 3.63) is 63.6 Å². The van der Waals surface area contributed by atoms with Gasteiger partial charge >= 0.3 is 6.36 Å². The molecule has 0 aliphatic carbocycles. The number of ether oxygens (including phenoxy) is 1. The van der Waals surface area contributed by atoms with Crippen molar-refractivity contribution in [2.45, 2.75) is 12.9 Å². The molecule has 0 aliphatic rings. The summed E-state index contributed by atoms with van der Waals surface area (Å²) in [5.41, 5.74) is 0.735. The van der Waals surface area contributed by atoms with Gasteiger partial charge in [-0.3, -0.25) is 9.59 Å². The monoisotopic (exact) mass is 420 g/mol. The van der Waals surface area contributed by atoms with E-state index in [1.54, 1.807) is 0 Å². The standard InChI is InChI=1S/C17H13Cl2F3N2O3/c18-11-3-6-13(14(19)7-11)16(26)24-9-15(25)23-8-10-1-4-12(5-2-10)27-17(20,21)22/h1-7H,8-9H2,(H,23,25)(H,24,26). The van der Waals surface area contributed by atoms with E-state index in [1.807, 2.05) is 0 Å². The SMILES string of the molecule is O=C(CNC(=O)c1ccc(Cl)cc1Cl)NCc1ccc(OC(F)(F)F)cc1. The van der Waals surface area contributed by atoms with Crippen LogP contribution in [0.4, 0.5) is 13.2 Å². The van der Waals surface area contributed by atoms with E-state index in [-0.39, 0.29) is 29.4 Å². The summed E-state index contributed by atoms with van der Waals surface area (Å²) < 4.78 is 40.0. The van der Waals surface area contributed by atoms with E-state index in [4.69, 9.17) is 23.2 Å². The van der Waals surface area contributed by atoms with E-state index in [0.29, 0.717) is 10.6 Å². The zero-order chi connectivity index (χ0) is 20.0. The van der Waals surface area contributed by atoms with Crippen LogP contribution in [0.2, 0.25) is 10.0 Å². The second kappa shape index (κ2) is 8.96. The Morgan fingerprint density at radius 2 is 1.67 bits per heavy atom. The molecule has 0 unspecified atom stereocenters. The number of hydrogen-bond acceptors (Lipinski definition) is 3. The average molecular weight is 421 g/mol. The Morgan fingerprint density at radius 1 is 1.00 bits per heavy atom. The number of halogens is 5. The molecule has 0 bridgehead atoms. The minimum Gasteiger partial charge on any atom is -0.406 e. The van der Waals surface area contributed by atoms with Gasteiger partial charge in [0, 0.05) is 11.6 Å². The Labute approximate surface area is 162 Å². The lowest BCUT2D eigenvalue weighted by Gasteiger charge is -2.10. The molecule has 2 aromatic carbocycles. The summed E-state index contributed by atoms with van der Waals surface area (Å²) >= 11 is 11.7. The zero-order valence-electron chi connectivity index (χ0n) is 13.6. The van der Waals surface area contributed by atoms with E-state index in [9.17, 15) is 22.8 Å². The van der Waals surface area contributed by atoms with Crippen LogP contribution in [0.15, 0.2) is 42.5 Å². The number of rotatable bonds is 6. The third-order valence-corrected chi connectivity index (χ3v) is 3.78. The minimum atomic E-state index is -4.76. The molecular weight excluding hydrogens is 408 g/mol. The van der Waals surface area contributed by atoms with Crippen molar-refractivity contribution >= 4 is 35.0 Å². The fraction of sp³-hybridized carbons (Fsp3) is 0.176. The fourth-order valence-corrected chi connectivity index (χ4v) is 2.50. The van der Waals surface area contributed by atoms with Crippen LogP contribution < -0.4 is 15.4 Å². The first-order valence-electron chi connectivity index (χ1n) is 7.49. The highest BCUT2D eigenvalue weighted by molar-refractivity contribution is 6.36. The van der Waals surface area contributed by atoms with E-state index in [0.717, 1.165) is 12.1 Å². The molecule has 2 aromatic rings. The van der Waals surface area contributed by atoms with Gasteiger partial charge in [0.1, 0.15) is 5.75 Å². The molecule has 5 nitrogen and oxygen atoms in total. The number of carbonyl (C=O) groups is 2. The van der Waals surface area contributed by atoms with Gasteiger partial charge in [-0.25, -0.2) is 0 Å². The summed E-state index contributed by atoms with van der Waals surface area (Å²) in [6.07, 6.45) is -4.76. The Bertz CT molecular complexity index is 827. The summed E-state index contributed by atoms with van der Waals surface area (Å²) in [4.78, 5) is 23.8. The molecule has 0 fully saturated rings. The van der Waals surface area contributed by atoms with Crippen molar-refractivity contribution in [3.63, 3.8) is 0 Å². The second-order valence-electron chi connectivity index (χ2n) is 5.28. The normalized spacial score (nSPS) is 11.0. The van der Waals surface area contributed by atoms with Crippen molar-refractivity contribution in [1.29, 1.82) is 0 Å². The Hall–Kier alpha value is -2.45. The molecule has 2 amide bonds. The van der Waals surface area contributed by atoms with E-state index < -0.39 is 18.2 Å². The number of carbonyl (C=O) groups excluding carboxylic acids is 2. The number of nitrogens with one attached hydrogen (secondary N) is 2. The molecule has 0 spiro atoms. The number of hydrogen-bond donors (Lipinski definition) is 2. The van der Waals surface area contributed by atoms with Gasteiger partial charge in [0.15, 0.2) is 0 Å². The largest absolute Gasteiger partial charge is 0.573 e. The van der Waals surface area contributed by atoms with Gasteiger partial charge in [-0.05, 0) is 35.9 Å². The Kier molecular flexibility index (Phi) is 6.92. The van der Waals surface area contributed by atoms with Gasteiger partial charge in [-0.1, -0.05) is 35.3 Å². The van der Waals surface area contributed by atoms with Crippen molar-refractivity contribution in [2.24, 2.45) is 0 Å². The van der Waals surface area contributed by atoms with Crippen molar-refractivity contribution in [1.82, 2.24) is 10.6 Å². The summed E-state index contributed by atoms with van der Waals surface area (Å²) in [7, 11) is 0. The van der Waals surface area contributed by atoms with Gasteiger partial charge in [0.05, 0.1) is 17.1 Å². The molecule has 0 radical (unpaired) electrons. The molecule has 0 aromatic heterocycles. The molecule has 2 N–H and O–H groups in total. The first-order valence-corrected chi connectivity index (χ1v) is 8.24. The molecule has 0 saturated heterocycles. The maximum absolute atomic E-state index is 12.1. The number of benzene rings is 2. The predicted octanol–water partition coefficient (Wildman–Crippen LogP) is 3.94. The third-order valence-electron chi connectivity index (χ3n) is 3.23. The first-order chi connectivity index (χ1) is 12.6. The second-order valence-corrected chi connectivity index (χ2v) is 6.12. The van der Waals surface area contributed by atoms with E-state index in [2.05, 4.69) is 15.4 Å². The molecule has 0 aliphatic heterocycles. The highest BCUT2D eigenvalue weighted by Crippen LogP contribution is 2.23. The molecule has 2 rings (SSSR count). The summed E-state index contributed by atoms with van der Waals surface area (Å²) in [6.45, 7) is -0.226. The van der Waals surface area contributed by atoms with Gasteiger partial charge in [-0.2, -0.15) is 0 Å². The molecule has 0 atom stereocenters. The van der Waals surface area contributed by atoms with Gasteiger partial charge in [0.2, 0.25) is 5.91 Å². The molecule has 0 saturated carbocycles. The van der Waals surface area contributed by atoms with Crippen molar-refractivity contribution in [2.75, 3.05) is 6.54 Å². The van der Waals surface area contributed by atoms with Crippen LogP contribution >= 0.6 is 23.2 Å². The first kappa shape index (κ1) is 20.9. The average Bonchev–Trinajstić information content (AvgIpc) is 2.57. The predicted molar refractivity (Wildman–Crippen MR) is 93.8 cm³/mol. The molecule has 0 heterocycles. The lowest BCUT2D eigenvalue weighted by molar-refractivity contribution is -0.274. The fourth-order valence-electron chi connectivity index (χ4n) is 2.00. The highest BCUT2D eigenvalue weighted by Gasteiger charge is 2.30. The van der Waals surface area contributed by atoms with E-state index in [1.165, 1.54) is 30.3 Å². The van der Waals surface area contributed by atoms with Gasteiger partial charge in [-0.15, -0.1) is 13.2 Å². The van der Waals surface area contributed by atoms with Crippen LogP contribution in [-0.2, 0) is 11.3 Å². The van der Waals surface area contributed by atoms with Crippen LogP contribution in [-0.4, -0.2) is 24.7 Å². The van der Waals surface area contributed by atoms with Crippen LogP contribution in [0.25, 0.3) is 0 Å². The maximum Gasteiger partial charge on any atom is 0.573 e. The maximum atomic E-state index is 12.1. The van der Waals surface area contributed by atoms with Crippen LogP contribution in [0.1, 0.15) is 15.9 Å². The van der Waals surface area contributed by atoms with Crippen molar-refractivity contribution in [3.8, 4) is 5.75 Å². The summed E-state index contributed by atoms with van der Waals surface area (Å²) in [5, 5.41) is 5.46.